The molecule has 0 aliphatic heterocycles. The highest BCUT2D eigenvalue weighted by Crippen LogP contribution is 2.37. The summed E-state index contributed by atoms with van der Waals surface area (Å²) in [7, 11) is 4.59. The van der Waals surface area contributed by atoms with Gasteiger partial charge in [0.1, 0.15) is 11.5 Å². The molecule has 0 amide bonds. The van der Waals surface area contributed by atoms with Crippen molar-refractivity contribution in [2.24, 2.45) is 0 Å². The number of pyridine rings is 1. The average molecular weight is 361 g/mol. The molecule has 0 bridgehead atoms. The van der Waals surface area contributed by atoms with Gasteiger partial charge < -0.3 is 18.6 Å². The number of para-hydroxylation sites is 1. The minimum absolute atomic E-state index is 0.389. The fourth-order valence-corrected chi connectivity index (χ4v) is 3.42. The third-order valence-electron chi connectivity index (χ3n) is 4.71. The Morgan fingerprint density at radius 3 is 2.22 bits per heavy atom. The Labute approximate surface area is 156 Å². The molecule has 2 aromatic carbocycles. The number of fused-ring (bicyclic) bond motifs is 3. The monoisotopic (exact) mass is 361 g/mol. The van der Waals surface area contributed by atoms with E-state index >= 15 is 0 Å². The number of carbonyl (C=O) groups is 1. The van der Waals surface area contributed by atoms with Crippen molar-refractivity contribution in [3.63, 3.8) is 0 Å². The lowest BCUT2D eigenvalue weighted by atomic mass is 10.0. The first kappa shape index (κ1) is 17.0. The van der Waals surface area contributed by atoms with Gasteiger partial charge in [-0.25, -0.2) is 4.79 Å². The second kappa shape index (κ2) is 6.68. The van der Waals surface area contributed by atoms with Gasteiger partial charge in [0.25, 0.3) is 0 Å². The van der Waals surface area contributed by atoms with E-state index in [1.54, 1.807) is 20.3 Å². The van der Waals surface area contributed by atoms with Gasteiger partial charge in [0.2, 0.25) is 0 Å². The van der Waals surface area contributed by atoms with Crippen molar-refractivity contribution >= 4 is 22.4 Å². The molecule has 2 aromatic heterocycles. The van der Waals surface area contributed by atoms with Crippen molar-refractivity contribution in [1.29, 1.82) is 0 Å². The van der Waals surface area contributed by atoms with E-state index in [0.717, 1.165) is 27.5 Å². The van der Waals surface area contributed by atoms with Gasteiger partial charge in [0, 0.05) is 17.8 Å². The number of hydrogen-bond donors (Lipinski definition) is 0. The number of benzene rings is 2. The molecule has 0 aliphatic rings. The average Bonchev–Trinajstić information content (AvgIpc) is 3.12. The number of aromatic nitrogens is 1. The van der Waals surface area contributed by atoms with Gasteiger partial charge in [-0.15, -0.1) is 0 Å². The number of rotatable bonds is 4. The van der Waals surface area contributed by atoms with Crippen LogP contribution in [0.5, 0.6) is 11.5 Å². The molecule has 136 valence electrons. The Hall–Kier alpha value is -3.47. The summed E-state index contributed by atoms with van der Waals surface area (Å²) in [6, 6.07) is 17.7. The first-order valence-electron chi connectivity index (χ1n) is 8.51. The lowest BCUT2D eigenvalue weighted by Crippen LogP contribution is -2.01. The van der Waals surface area contributed by atoms with E-state index in [1.165, 1.54) is 7.11 Å². The van der Waals surface area contributed by atoms with E-state index in [9.17, 15) is 4.79 Å². The number of carbonyl (C=O) groups excluding carboxylic acids is 1. The van der Waals surface area contributed by atoms with Crippen LogP contribution in [0.4, 0.5) is 0 Å². The predicted octanol–water partition coefficient (Wildman–Crippen LogP) is 4.56. The second-order valence-corrected chi connectivity index (χ2v) is 6.16. The zero-order valence-corrected chi connectivity index (χ0v) is 15.4. The van der Waals surface area contributed by atoms with Gasteiger partial charge in [0.15, 0.2) is 0 Å². The summed E-state index contributed by atoms with van der Waals surface area (Å²) < 4.78 is 17.9. The van der Waals surface area contributed by atoms with Crippen molar-refractivity contribution in [3.8, 4) is 22.6 Å². The summed E-state index contributed by atoms with van der Waals surface area (Å²) in [5, 5.41) is 1.09. The molecule has 5 heteroatoms. The van der Waals surface area contributed by atoms with Crippen LogP contribution in [0.3, 0.4) is 0 Å². The molecular formula is C22H19NO4. The molecule has 27 heavy (non-hydrogen) atoms. The van der Waals surface area contributed by atoms with Crippen molar-refractivity contribution in [2.45, 2.75) is 0 Å². The molecule has 0 N–H and O–H groups in total. The zero-order valence-electron chi connectivity index (χ0n) is 15.4. The maximum Gasteiger partial charge on any atom is 0.340 e. The molecule has 0 saturated carbocycles. The van der Waals surface area contributed by atoms with Gasteiger partial charge in [-0.1, -0.05) is 24.3 Å². The zero-order chi connectivity index (χ0) is 19.0. The second-order valence-electron chi connectivity index (χ2n) is 6.16. The fourth-order valence-electron chi connectivity index (χ4n) is 3.42. The summed E-state index contributed by atoms with van der Waals surface area (Å²) in [6.07, 6.45) is 1.82. The normalized spacial score (nSPS) is 10.9. The maximum atomic E-state index is 12.5. The quantitative estimate of drug-likeness (QED) is 0.500. The highest BCUT2D eigenvalue weighted by atomic mass is 16.5. The summed E-state index contributed by atoms with van der Waals surface area (Å²) in [4.78, 5) is 12.5. The molecular weight excluding hydrogens is 342 g/mol. The van der Waals surface area contributed by atoms with Crippen LogP contribution in [-0.2, 0) is 4.74 Å². The van der Waals surface area contributed by atoms with E-state index in [1.807, 2.05) is 59.1 Å². The van der Waals surface area contributed by atoms with Crippen LogP contribution in [-0.4, -0.2) is 31.7 Å². The Balaban J connectivity index is 2.10. The lowest BCUT2D eigenvalue weighted by molar-refractivity contribution is 0.0601. The number of ether oxygens (including phenoxy) is 3. The van der Waals surface area contributed by atoms with Crippen LogP contribution >= 0.6 is 0 Å². The molecule has 0 atom stereocenters. The molecule has 0 fully saturated rings. The van der Waals surface area contributed by atoms with E-state index in [2.05, 4.69) is 0 Å². The third kappa shape index (κ3) is 2.77. The van der Waals surface area contributed by atoms with E-state index in [-0.39, 0.29) is 5.97 Å². The smallest absolute Gasteiger partial charge is 0.340 e. The van der Waals surface area contributed by atoms with Crippen LogP contribution in [0.1, 0.15) is 10.4 Å². The van der Waals surface area contributed by atoms with Crippen molar-refractivity contribution in [1.82, 2.24) is 4.40 Å². The largest absolute Gasteiger partial charge is 0.497 e. The van der Waals surface area contributed by atoms with Crippen LogP contribution in [0, 0.1) is 0 Å². The molecule has 0 unspecified atom stereocenters. The topological polar surface area (TPSA) is 49.2 Å². The van der Waals surface area contributed by atoms with Crippen molar-refractivity contribution in [3.05, 3.63) is 66.4 Å². The summed E-state index contributed by atoms with van der Waals surface area (Å²) in [5.41, 5.74) is 4.02. The van der Waals surface area contributed by atoms with Gasteiger partial charge >= 0.3 is 5.97 Å². The molecule has 0 saturated heterocycles. The predicted molar refractivity (Wildman–Crippen MR) is 105 cm³/mol. The number of esters is 1. The van der Waals surface area contributed by atoms with Crippen LogP contribution in [0.15, 0.2) is 60.8 Å². The fraction of sp³-hybridized carbons (Fsp3) is 0.136. The number of methoxy groups -OCH3 is 3. The first-order chi connectivity index (χ1) is 13.2. The summed E-state index contributed by atoms with van der Waals surface area (Å²) >= 11 is 0. The highest BCUT2D eigenvalue weighted by Gasteiger charge is 2.21. The SMILES string of the molecule is COC(=O)c1cn2c(ccc3ccccc32)c1-c1cc(OC)cc(OC)c1. The van der Waals surface area contributed by atoms with Gasteiger partial charge in [-0.05, 0) is 35.2 Å². The van der Waals surface area contributed by atoms with E-state index in [0.29, 0.717) is 17.1 Å². The van der Waals surface area contributed by atoms with Gasteiger partial charge in [0.05, 0.1) is 37.9 Å². The van der Waals surface area contributed by atoms with Crippen molar-refractivity contribution in [2.75, 3.05) is 21.3 Å². The van der Waals surface area contributed by atoms with Gasteiger partial charge in [-0.2, -0.15) is 0 Å². The molecule has 4 rings (SSSR count). The molecule has 5 nitrogen and oxygen atoms in total. The Kier molecular flexibility index (Phi) is 4.20. The Morgan fingerprint density at radius 1 is 0.852 bits per heavy atom. The summed E-state index contributed by atoms with van der Waals surface area (Å²) in [5.74, 6) is 0.917. The highest BCUT2D eigenvalue weighted by molar-refractivity contribution is 6.04. The summed E-state index contributed by atoms with van der Waals surface area (Å²) in [6.45, 7) is 0. The Bertz CT molecular complexity index is 1140. The van der Waals surface area contributed by atoms with Crippen LogP contribution < -0.4 is 9.47 Å². The molecule has 2 heterocycles. The number of hydrogen-bond acceptors (Lipinski definition) is 4. The minimum Gasteiger partial charge on any atom is -0.497 e. The van der Waals surface area contributed by atoms with E-state index < -0.39 is 0 Å². The first-order valence-corrected chi connectivity index (χ1v) is 8.51. The standard InChI is InChI=1S/C22H19NO4/c1-25-16-10-15(11-17(12-16)26-2)21-18(22(24)27-3)13-23-19-7-5-4-6-14(19)8-9-20(21)23/h4-13H,1-3H3. The maximum absolute atomic E-state index is 12.5. The van der Waals surface area contributed by atoms with Gasteiger partial charge in [-0.3, -0.25) is 0 Å². The van der Waals surface area contributed by atoms with E-state index in [4.69, 9.17) is 14.2 Å². The molecule has 0 aliphatic carbocycles. The third-order valence-corrected chi connectivity index (χ3v) is 4.71. The molecule has 0 spiro atoms. The molecule has 4 aromatic rings. The molecule has 0 radical (unpaired) electrons. The number of nitrogens with zero attached hydrogens (tertiary/aromatic N) is 1. The van der Waals surface area contributed by atoms with Crippen LogP contribution in [0.25, 0.3) is 27.5 Å². The Morgan fingerprint density at radius 2 is 1.56 bits per heavy atom. The lowest BCUT2D eigenvalue weighted by Gasteiger charge is -2.10. The van der Waals surface area contributed by atoms with Crippen molar-refractivity contribution < 1.29 is 19.0 Å². The van der Waals surface area contributed by atoms with Crippen LogP contribution in [0.2, 0.25) is 0 Å². The minimum atomic E-state index is -0.389.